The molecule has 0 unspecified atom stereocenters. The number of aryl methyl sites for hydroxylation is 2. The van der Waals surface area contributed by atoms with Crippen LogP contribution in [0, 0.1) is 5.92 Å². The molecule has 20 heavy (non-hydrogen) atoms. The SMILES string of the molecule is CCCc1nn(C)c(NC2(CO)CCC(C)CC2)c1N. The van der Waals surface area contributed by atoms with E-state index in [1.165, 1.54) is 0 Å². The first-order valence-corrected chi connectivity index (χ1v) is 7.71. The van der Waals surface area contributed by atoms with Gasteiger partial charge >= 0.3 is 0 Å². The monoisotopic (exact) mass is 280 g/mol. The van der Waals surface area contributed by atoms with E-state index >= 15 is 0 Å². The zero-order valence-electron chi connectivity index (χ0n) is 12.9. The largest absolute Gasteiger partial charge is 0.394 e. The number of nitrogens with one attached hydrogen (secondary N) is 1. The number of aliphatic hydroxyl groups excluding tert-OH is 1. The molecule has 0 saturated heterocycles. The fraction of sp³-hybridized carbons (Fsp3) is 0.800. The van der Waals surface area contributed by atoms with Gasteiger partial charge in [-0.3, -0.25) is 4.68 Å². The lowest BCUT2D eigenvalue weighted by atomic mass is 9.77. The maximum atomic E-state index is 9.85. The lowest BCUT2D eigenvalue weighted by Gasteiger charge is -2.39. The minimum absolute atomic E-state index is 0.146. The van der Waals surface area contributed by atoms with Gasteiger partial charge in [0.25, 0.3) is 0 Å². The number of nitrogens with two attached hydrogens (primary N) is 1. The van der Waals surface area contributed by atoms with Crippen LogP contribution in [0.4, 0.5) is 11.5 Å². The van der Waals surface area contributed by atoms with Gasteiger partial charge in [-0.1, -0.05) is 20.3 Å². The van der Waals surface area contributed by atoms with Crippen molar-refractivity contribution < 1.29 is 5.11 Å². The molecule has 0 bridgehead atoms. The van der Waals surface area contributed by atoms with Gasteiger partial charge < -0.3 is 16.2 Å². The van der Waals surface area contributed by atoms with Crippen LogP contribution in [0.3, 0.4) is 0 Å². The maximum absolute atomic E-state index is 9.85. The van der Waals surface area contributed by atoms with Crippen LogP contribution < -0.4 is 11.1 Å². The fourth-order valence-electron chi connectivity index (χ4n) is 3.05. The first kappa shape index (κ1) is 15.2. The Balaban J connectivity index is 2.19. The van der Waals surface area contributed by atoms with Gasteiger partial charge in [-0.15, -0.1) is 0 Å². The lowest BCUT2D eigenvalue weighted by Crippen LogP contribution is -2.45. The molecular weight excluding hydrogens is 252 g/mol. The van der Waals surface area contributed by atoms with E-state index in [9.17, 15) is 5.11 Å². The molecule has 5 nitrogen and oxygen atoms in total. The summed E-state index contributed by atoms with van der Waals surface area (Å²) in [5.41, 5.74) is 7.67. The van der Waals surface area contributed by atoms with Crippen molar-refractivity contribution in [1.29, 1.82) is 0 Å². The summed E-state index contributed by atoms with van der Waals surface area (Å²) < 4.78 is 1.82. The average Bonchev–Trinajstić information content (AvgIpc) is 2.70. The van der Waals surface area contributed by atoms with E-state index in [-0.39, 0.29) is 12.1 Å². The minimum Gasteiger partial charge on any atom is -0.394 e. The summed E-state index contributed by atoms with van der Waals surface area (Å²) >= 11 is 0. The number of hydrogen-bond acceptors (Lipinski definition) is 4. The van der Waals surface area contributed by atoms with Crippen molar-refractivity contribution in [2.24, 2.45) is 13.0 Å². The molecule has 1 aromatic rings. The summed E-state index contributed by atoms with van der Waals surface area (Å²) in [7, 11) is 1.91. The third-order valence-corrected chi connectivity index (χ3v) is 4.56. The molecule has 1 aliphatic rings. The smallest absolute Gasteiger partial charge is 0.148 e. The number of nitrogens with zero attached hydrogens (tertiary/aromatic N) is 2. The Morgan fingerprint density at radius 1 is 1.45 bits per heavy atom. The second-order valence-electron chi connectivity index (χ2n) is 6.33. The molecule has 4 N–H and O–H groups in total. The molecule has 0 spiro atoms. The molecular formula is C15H28N4O. The van der Waals surface area contributed by atoms with Crippen LogP contribution in [0.5, 0.6) is 0 Å². The molecule has 1 saturated carbocycles. The van der Waals surface area contributed by atoms with Crippen LogP contribution in [0.2, 0.25) is 0 Å². The highest BCUT2D eigenvalue weighted by Gasteiger charge is 2.35. The summed E-state index contributed by atoms with van der Waals surface area (Å²) in [4.78, 5) is 0. The van der Waals surface area contributed by atoms with Crippen molar-refractivity contribution in [2.75, 3.05) is 17.7 Å². The van der Waals surface area contributed by atoms with Gasteiger partial charge in [0.05, 0.1) is 23.5 Å². The van der Waals surface area contributed by atoms with Gasteiger partial charge in [0, 0.05) is 7.05 Å². The van der Waals surface area contributed by atoms with Crippen molar-refractivity contribution in [3.8, 4) is 0 Å². The fourth-order valence-corrected chi connectivity index (χ4v) is 3.05. The van der Waals surface area contributed by atoms with Crippen LogP contribution in [-0.4, -0.2) is 27.0 Å². The van der Waals surface area contributed by atoms with Crippen molar-refractivity contribution in [1.82, 2.24) is 9.78 Å². The third-order valence-electron chi connectivity index (χ3n) is 4.56. The first-order chi connectivity index (χ1) is 9.51. The van der Waals surface area contributed by atoms with E-state index in [0.29, 0.717) is 0 Å². The van der Waals surface area contributed by atoms with Gasteiger partial charge in [-0.25, -0.2) is 0 Å². The highest BCUT2D eigenvalue weighted by Crippen LogP contribution is 2.36. The van der Waals surface area contributed by atoms with E-state index in [2.05, 4.69) is 24.3 Å². The van der Waals surface area contributed by atoms with Crippen LogP contribution in [0.1, 0.15) is 51.6 Å². The molecule has 0 atom stereocenters. The number of nitrogen functional groups attached to an aromatic ring is 1. The Bertz CT molecular complexity index is 447. The minimum atomic E-state index is -0.238. The van der Waals surface area contributed by atoms with Crippen LogP contribution >= 0.6 is 0 Å². The maximum Gasteiger partial charge on any atom is 0.148 e. The molecule has 114 valence electrons. The van der Waals surface area contributed by atoms with Crippen LogP contribution in [0.25, 0.3) is 0 Å². The number of aromatic nitrogens is 2. The standard InChI is InChI=1S/C15H28N4O/c1-4-5-12-13(16)14(19(3)18-12)17-15(10-20)8-6-11(2)7-9-15/h11,17,20H,4-10,16H2,1-3H3. The van der Waals surface area contributed by atoms with E-state index in [1.54, 1.807) is 0 Å². The molecule has 0 radical (unpaired) electrons. The first-order valence-electron chi connectivity index (χ1n) is 7.71. The highest BCUT2D eigenvalue weighted by atomic mass is 16.3. The molecule has 0 amide bonds. The molecule has 0 aliphatic heterocycles. The van der Waals surface area contributed by atoms with Gasteiger partial charge in [0.1, 0.15) is 5.82 Å². The van der Waals surface area contributed by atoms with Crippen LogP contribution in [0.15, 0.2) is 0 Å². The normalized spacial score (nSPS) is 26.7. The van der Waals surface area contributed by atoms with E-state index in [4.69, 9.17) is 5.73 Å². The van der Waals surface area contributed by atoms with E-state index in [1.807, 2.05) is 11.7 Å². The second-order valence-corrected chi connectivity index (χ2v) is 6.33. The van der Waals surface area contributed by atoms with Crippen molar-refractivity contribution >= 4 is 11.5 Å². The predicted molar refractivity (Wildman–Crippen MR) is 82.7 cm³/mol. The second kappa shape index (κ2) is 6.04. The summed E-state index contributed by atoms with van der Waals surface area (Å²) in [6.45, 7) is 4.55. The van der Waals surface area contributed by atoms with Gasteiger partial charge in [-0.05, 0) is 38.0 Å². The van der Waals surface area contributed by atoms with Crippen molar-refractivity contribution in [3.05, 3.63) is 5.69 Å². The average molecular weight is 280 g/mol. The Hall–Kier alpha value is -1.23. The van der Waals surface area contributed by atoms with Gasteiger partial charge in [0.15, 0.2) is 0 Å². The summed E-state index contributed by atoms with van der Waals surface area (Å²) in [5.74, 6) is 1.60. The van der Waals surface area contributed by atoms with E-state index in [0.717, 1.165) is 61.6 Å². The molecule has 1 heterocycles. The predicted octanol–water partition coefficient (Wildman–Crippen LogP) is 2.31. The molecule has 1 aromatic heterocycles. The van der Waals surface area contributed by atoms with Crippen LogP contribution in [-0.2, 0) is 13.5 Å². The van der Waals surface area contributed by atoms with Gasteiger partial charge in [-0.2, -0.15) is 5.10 Å². The zero-order valence-corrected chi connectivity index (χ0v) is 12.9. The number of aliphatic hydroxyl groups is 1. The molecule has 0 aromatic carbocycles. The van der Waals surface area contributed by atoms with Crippen molar-refractivity contribution in [2.45, 2.75) is 57.9 Å². The lowest BCUT2D eigenvalue weighted by molar-refractivity contribution is 0.154. The van der Waals surface area contributed by atoms with E-state index < -0.39 is 0 Å². The molecule has 5 heteroatoms. The Kier molecular flexibility index (Phi) is 4.58. The Labute approximate surface area is 121 Å². The summed E-state index contributed by atoms with van der Waals surface area (Å²) in [6.07, 6.45) is 6.19. The summed E-state index contributed by atoms with van der Waals surface area (Å²) in [5, 5.41) is 17.8. The van der Waals surface area contributed by atoms with Gasteiger partial charge in [0.2, 0.25) is 0 Å². The Morgan fingerprint density at radius 2 is 2.10 bits per heavy atom. The molecule has 1 fully saturated rings. The topological polar surface area (TPSA) is 76.1 Å². The molecule has 1 aliphatic carbocycles. The zero-order chi connectivity index (χ0) is 14.8. The number of rotatable bonds is 5. The number of hydrogen-bond donors (Lipinski definition) is 3. The third kappa shape index (κ3) is 2.92. The highest BCUT2D eigenvalue weighted by molar-refractivity contribution is 5.66. The summed E-state index contributed by atoms with van der Waals surface area (Å²) in [6, 6.07) is 0. The Morgan fingerprint density at radius 3 is 2.65 bits per heavy atom. The number of anilines is 2. The van der Waals surface area contributed by atoms with Crippen molar-refractivity contribution in [3.63, 3.8) is 0 Å². The molecule has 2 rings (SSSR count). The quantitative estimate of drug-likeness (QED) is 0.773.